The first-order valence-corrected chi connectivity index (χ1v) is 8.25. The minimum absolute atomic E-state index is 0.507. The number of hydrogen-bond donors (Lipinski definition) is 1. The van der Waals surface area contributed by atoms with Gasteiger partial charge in [0.15, 0.2) is 0 Å². The molecule has 2 N–H and O–H groups in total. The summed E-state index contributed by atoms with van der Waals surface area (Å²) in [6.07, 6.45) is 8.12. The second kappa shape index (κ2) is 5.73. The molecule has 1 unspecified atom stereocenters. The number of likely N-dealkylation sites (tertiary alicyclic amines) is 1. The van der Waals surface area contributed by atoms with Crippen LogP contribution in [0.5, 0.6) is 0 Å². The van der Waals surface area contributed by atoms with E-state index in [4.69, 9.17) is 5.73 Å². The molecule has 0 aromatic heterocycles. The zero-order valence-electron chi connectivity index (χ0n) is 13.5. The Morgan fingerprint density at radius 2 is 1.74 bits per heavy atom. The highest BCUT2D eigenvalue weighted by Crippen LogP contribution is 2.47. The van der Waals surface area contributed by atoms with Crippen LogP contribution in [0.1, 0.15) is 66.2 Å². The minimum atomic E-state index is 0.507. The molecule has 1 aliphatic heterocycles. The standard InChI is InChI=1S/C17H34N2/c1-16(2)10-15(11-17(3,4)13-16)19-9-5-6-14(12-19)7-8-18/h14-15H,5-13,18H2,1-4H3. The molecule has 2 aliphatic rings. The first-order valence-electron chi connectivity index (χ1n) is 8.25. The maximum Gasteiger partial charge on any atom is 0.0105 e. The number of nitrogens with zero attached hydrogens (tertiary/aromatic N) is 1. The van der Waals surface area contributed by atoms with Crippen molar-refractivity contribution in [3.8, 4) is 0 Å². The highest BCUT2D eigenvalue weighted by molar-refractivity contribution is 4.94. The number of rotatable bonds is 3. The third-order valence-corrected chi connectivity index (χ3v) is 5.18. The topological polar surface area (TPSA) is 29.3 Å². The summed E-state index contributed by atoms with van der Waals surface area (Å²) in [6.45, 7) is 13.3. The average molecular weight is 266 g/mol. The lowest BCUT2D eigenvalue weighted by molar-refractivity contribution is 0.00540. The Bertz CT molecular complexity index is 278. The number of piperidine rings is 1. The molecule has 2 fully saturated rings. The molecule has 1 atom stereocenters. The van der Waals surface area contributed by atoms with Crippen LogP contribution in [-0.2, 0) is 0 Å². The molecule has 0 aromatic rings. The van der Waals surface area contributed by atoms with Gasteiger partial charge in [-0.05, 0) is 68.4 Å². The fraction of sp³-hybridized carbons (Fsp3) is 1.00. The Labute approximate surface area is 120 Å². The van der Waals surface area contributed by atoms with E-state index in [1.807, 2.05) is 0 Å². The zero-order chi connectivity index (χ0) is 14.1. The third kappa shape index (κ3) is 4.19. The molecule has 112 valence electrons. The normalized spacial score (nSPS) is 32.4. The predicted octanol–water partition coefficient (Wildman–Crippen LogP) is 3.65. The van der Waals surface area contributed by atoms with Gasteiger partial charge in [-0.25, -0.2) is 0 Å². The molecule has 2 nitrogen and oxygen atoms in total. The van der Waals surface area contributed by atoms with Gasteiger partial charge in [0.1, 0.15) is 0 Å². The molecule has 0 radical (unpaired) electrons. The highest BCUT2D eigenvalue weighted by atomic mass is 15.2. The Hall–Kier alpha value is -0.0800. The van der Waals surface area contributed by atoms with Crippen LogP contribution in [0, 0.1) is 16.7 Å². The second-order valence-electron chi connectivity index (χ2n) is 8.65. The Morgan fingerprint density at radius 1 is 1.11 bits per heavy atom. The zero-order valence-corrected chi connectivity index (χ0v) is 13.5. The molecule has 0 amide bonds. The van der Waals surface area contributed by atoms with Crippen LogP contribution in [0.3, 0.4) is 0 Å². The second-order valence-corrected chi connectivity index (χ2v) is 8.65. The van der Waals surface area contributed by atoms with E-state index >= 15 is 0 Å². The molecule has 2 heteroatoms. The van der Waals surface area contributed by atoms with Crippen molar-refractivity contribution in [2.45, 2.75) is 72.3 Å². The number of hydrogen-bond acceptors (Lipinski definition) is 2. The predicted molar refractivity (Wildman–Crippen MR) is 83.2 cm³/mol. The van der Waals surface area contributed by atoms with Gasteiger partial charge in [0, 0.05) is 12.6 Å². The smallest absolute Gasteiger partial charge is 0.0105 e. The van der Waals surface area contributed by atoms with Crippen LogP contribution in [0.4, 0.5) is 0 Å². The summed E-state index contributed by atoms with van der Waals surface area (Å²) in [4.78, 5) is 2.80. The maximum atomic E-state index is 5.75. The van der Waals surface area contributed by atoms with Crippen molar-refractivity contribution in [3.63, 3.8) is 0 Å². The van der Waals surface area contributed by atoms with Crippen LogP contribution >= 0.6 is 0 Å². The van der Waals surface area contributed by atoms with Crippen LogP contribution in [0.15, 0.2) is 0 Å². The van der Waals surface area contributed by atoms with Gasteiger partial charge in [-0.3, -0.25) is 0 Å². The van der Waals surface area contributed by atoms with Crippen molar-refractivity contribution in [3.05, 3.63) is 0 Å². The molecule has 0 aromatic carbocycles. The van der Waals surface area contributed by atoms with E-state index in [0.29, 0.717) is 10.8 Å². The van der Waals surface area contributed by atoms with Gasteiger partial charge in [0.05, 0.1) is 0 Å². The van der Waals surface area contributed by atoms with Crippen LogP contribution in [0.2, 0.25) is 0 Å². The fourth-order valence-corrected chi connectivity index (χ4v) is 4.95. The average Bonchev–Trinajstić information content (AvgIpc) is 2.25. The van der Waals surface area contributed by atoms with E-state index in [1.165, 1.54) is 51.6 Å². The van der Waals surface area contributed by atoms with Crippen molar-refractivity contribution in [1.82, 2.24) is 4.90 Å². The lowest BCUT2D eigenvalue weighted by atomic mass is 9.63. The molecule has 19 heavy (non-hydrogen) atoms. The molecule has 1 saturated heterocycles. The fourth-order valence-electron chi connectivity index (χ4n) is 4.95. The summed E-state index contributed by atoms with van der Waals surface area (Å²) in [7, 11) is 0. The van der Waals surface area contributed by atoms with Crippen LogP contribution in [0.25, 0.3) is 0 Å². The van der Waals surface area contributed by atoms with Crippen molar-refractivity contribution in [2.75, 3.05) is 19.6 Å². The molecule has 0 bridgehead atoms. The van der Waals surface area contributed by atoms with E-state index in [2.05, 4.69) is 32.6 Å². The molecule has 1 aliphatic carbocycles. The van der Waals surface area contributed by atoms with E-state index in [-0.39, 0.29) is 0 Å². The van der Waals surface area contributed by atoms with Crippen molar-refractivity contribution < 1.29 is 0 Å². The van der Waals surface area contributed by atoms with E-state index in [9.17, 15) is 0 Å². The molecular weight excluding hydrogens is 232 g/mol. The van der Waals surface area contributed by atoms with Crippen LogP contribution < -0.4 is 5.73 Å². The monoisotopic (exact) mass is 266 g/mol. The Morgan fingerprint density at radius 3 is 2.32 bits per heavy atom. The largest absolute Gasteiger partial charge is 0.330 e. The van der Waals surface area contributed by atoms with Gasteiger partial charge in [-0.15, -0.1) is 0 Å². The van der Waals surface area contributed by atoms with E-state index < -0.39 is 0 Å². The molecular formula is C17H34N2. The van der Waals surface area contributed by atoms with Gasteiger partial charge >= 0.3 is 0 Å². The van der Waals surface area contributed by atoms with Crippen molar-refractivity contribution >= 4 is 0 Å². The summed E-state index contributed by atoms with van der Waals surface area (Å²) >= 11 is 0. The highest BCUT2D eigenvalue weighted by Gasteiger charge is 2.41. The molecule has 0 spiro atoms. The first-order chi connectivity index (χ1) is 8.81. The van der Waals surface area contributed by atoms with Crippen molar-refractivity contribution in [2.24, 2.45) is 22.5 Å². The quantitative estimate of drug-likeness (QED) is 0.845. The van der Waals surface area contributed by atoms with Gasteiger partial charge in [-0.2, -0.15) is 0 Å². The first kappa shape index (κ1) is 15.3. The molecule has 2 rings (SSSR count). The Kier molecular flexibility index (Phi) is 4.62. The van der Waals surface area contributed by atoms with Gasteiger partial charge < -0.3 is 10.6 Å². The van der Waals surface area contributed by atoms with Gasteiger partial charge in [0.2, 0.25) is 0 Å². The minimum Gasteiger partial charge on any atom is -0.330 e. The summed E-state index contributed by atoms with van der Waals surface area (Å²) in [5.74, 6) is 0.854. The lowest BCUT2D eigenvalue weighted by Gasteiger charge is -2.50. The van der Waals surface area contributed by atoms with E-state index in [1.54, 1.807) is 0 Å². The lowest BCUT2D eigenvalue weighted by Crippen LogP contribution is -2.49. The number of nitrogens with two attached hydrogens (primary N) is 1. The van der Waals surface area contributed by atoms with Crippen molar-refractivity contribution in [1.29, 1.82) is 0 Å². The Balaban J connectivity index is 2.00. The summed E-state index contributed by atoms with van der Waals surface area (Å²) in [6, 6.07) is 0.805. The summed E-state index contributed by atoms with van der Waals surface area (Å²) in [5.41, 5.74) is 6.77. The maximum absolute atomic E-state index is 5.75. The molecule has 1 saturated carbocycles. The SMILES string of the molecule is CC1(C)CC(N2CCCC(CCN)C2)CC(C)(C)C1. The van der Waals surface area contributed by atoms with Gasteiger partial charge in [0.25, 0.3) is 0 Å². The summed E-state index contributed by atoms with van der Waals surface area (Å²) < 4.78 is 0. The van der Waals surface area contributed by atoms with Gasteiger partial charge in [-0.1, -0.05) is 27.7 Å². The third-order valence-electron chi connectivity index (χ3n) is 5.18. The molecule has 1 heterocycles. The summed E-state index contributed by atoms with van der Waals surface area (Å²) in [5, 5.41) is 0. The van der Waals surface area contributed by atoms with Crippen LogP contribution in [-0.4, -0.2) is 30.6 Å². The van der Waals surface area contributed by atoms with E-state index in [0.717, 1.165) is 18.5 Å².